The van der Waals surface area contributed by atoms with Crippen molar-refractivity contribution in [2.24, 2.45) is 0 Å². The summed E-state index contributed by atoms with van der Waals surface area (Å²) in [4.78, 5) is 4.17. The zero-order valence-corrected chi connectivity index (χ0v) is 10.5. The second-order valence-corrected chi connectivity index (χ2v) is 3.78. The molecule has 1 aromatic carbocycles. The smallest absolute Gasteiger partial charge is 0.190 e. The summed E-state index contributed by atoms with van der Waals surface area (Å²) in [5, 5.41) is 18.4. The number of nitrogens with zero attached hydrogens (tertiary/aromatic N) is 4. The Morgan fingerprint density at radius 3 is 2.58 bits per heavy atom. The van der Waals surface area contributed by atoms with Gasteiger partial charge in [-0.05, 0) is 6.92 Å². The van der Waals surface area contributed by atoms with Gasteiger partial charge in [0.2, 0.25) is 0 Å². The first-order valence-electron chi connectivity index (χ1n) is 5.86. The highest BCUT2D eigenvalue weighted by molar-refractivity contribution is 5.66. The fourth-order valence-corrected chi connectivity index (χ4v) is 1.80. The highest BCUT2D eigenvalue weighted by Gasteiger charge is 2.18. The first kappa shape index (κ1) is 12.8. The summed E-state index contributed by atoms with van der Waals surface area (Å²) in [6.07, 6.45) is 2.05. The molecular weight excluding hydrogens is 240 g/mol. The Morgan fingerprint density at radius 1 is 1.26 bits per heavy atom. The zero-order valence-electron chi connectivity index (χ0n) is 10.5. The van der Waals surface area contributed by atoms with Crippen LogP contribution in [0.4, 0.5) is 0 Å². The maximum atomic E-state index is 9.28. The molecule has 19 heavy (non-hydrogen) atoms. The van der Waals surface area contributed by atoms with Crippen molar-refractivity contribution in [3.05, 3.63) is 41.9 Å². The fraction of sp³-hybridized carbons (Fsp3) is 0.214. The van der Waals surface area contributed by atoms with Gasteiger partial charge in [0.25, 0.3) is 0 Å². The monoisotopic (exact) mass is 252 g/mol. The average Bonchev–Trinajstić information content (AvgIpc) is 2.83. The van der Waals surface area contributed by atoms with E-state index in [0.717, 1.165) is 5.56 Å². The van der Waals surface area contributed by atoms with E-state index < -0.39 is 0 Å². The Morgan fingerprint density at radius 2 is 2.00 bits per heavy atom. The Bertz CT molecular complexity index is 647. The minimum absolute atomic E-state index is 0.214. The summed E-state index contributed by atoms with van der Waals surface area (Å²) in [6, 6.07) is 11.3. The first-order chi connectivity index (χ1) is 9.31. The second kappa shape index (κ2) is 5.81. The maximum absolute atomic E-state index is 9.28. The molecule has 2 rings (SSSR count). The van der Waals surface area contributed by atoms with Gasteiger partial charge in [-0.2, -0.15) is 10.5 Å². The van der Waals surface area contributed by atoms with E-state index in [1.54, 1.807) is 0 Å². The van der Waals surface area contributed by atoms with E-state index in [9.17, 15) is 5.26 Å². The summed E-state index contributed by atoms with van der Waals surface area (Å²) in [5.41, 5.74) is 1.54. The summed E-state index contributed by atoms with van der Waals surface area (Å²) in [7, 11) is 0. The second-order valence-electron chi connectivity index (χ2n) is 3.78. The van der Waals surface area contributed by atoms with Crippen LogP contribution in [0, 0.1) is 22.8 Å². The molecule has 5 nitrogen and oxygen atoms in total. The molecule has 94 valence electrons. The van der Waals surface area contributed by atoms with Gasteiger partial charge in [-0.3, -0.25) is 0 Å². The molecule has 0 radical (unpaired) electrons. The topological polar surface area (TPSA) is 74.6 Å². The molecule has 5 heteroatoms. The largest absolute Gasteiger partial charge is 0.374 e. The van der Waals surface area contributed by atoms with E-state index in [1.807, 2.05) is 49.5 Å². The molecular formula is C14H12N4O. The maximum Gasteiger partial charge on any atom is 0.190 e. The van der Waals surface area contributed by atoms with Gasteiger partial charge < -0.3 is 4.74 Å². The molecule has 0 N–H and O–H groups in total. The minimum Gasteiger partial charge on any atom is -0.374 e. The van der Waals surface area contributed by atoms with E-state index >= 15 is 0 Å². The molecule has 0 atom stereocenters. The lowest BCUT2D eigenvalue weighted by Crippen LogP contribution is -2.02. The number of aromatic nitrogens is 2. The molecule has 0 aliphatic rings. The normalized spacial score (nSPS) is 9.84. The Labute approximate surface area is 111 Å². The molecule has 0 aliphatic heterocycles. The van der Waals surface area contributed by atoms with Gasteiger partial charge >= 0.3 is 0 Å². The summed E-state index contributed by atoms with van der Waals surface area (Å²) in [5.74, 6) is 0.444. The summed E-state index contributed by atoms with van der Waals surface area (Å²) < 4.78 is 6.62. The van der Waals surface area contributed by atoms with Crippen molar-refractivity contribution in [3.63, 3.8) is 0 Å². The summed E-state index contributed by atoms with van der Waals surface area (Å²) >= 11 is 0. The minimum atomic E-state index is 0.214. The number of rotatable bonds is 4. The quantitative estimate of drug-likeness (QED) is 0.836. The van der Waals surface area contributed by atoms with E-state index in [2.05, 4.69) is 4.98 Å². The van der Waals surface area contributed by atoms with Crippen molar-refractivity contribution in [1.29, 1.82) is 10.5 Å². The van der Waals surface area contributed by atoms with Crippen LogP contribution in [0.2, 0.25) is 0 Å². The Balaban J connectivity index is 2.57. The predicted molar refractivity (Wildman–Crippen MR) is 68.7 cm³/mol. The van der Waals surface area contributed by atoms with E-state index in [1.165, 1.54) is 4.57 Å². The summed E-state index contributed by atoms with van der Waals surface area (Å²) in [6.45, 7) is 2.61. The van der Waals surface area contributed by atoms with Gasteiger partial charge in [-0.25, -0.2) is 9.55 Å². The highest BCUT2D eigenvalue weighted by Crippen LogP contribution is 2.24. The van der Waals surface area contributed by atoms with Crippen LogP contribution in [-0.2, 0) is 11.3 Å². The van der Waals surface area contributed by atoms with Crippen LogP contribution in [0.1, 0.15) is 18.4 Å². The number of imidazole rings is 1. The Hall–Kier alpha value is -2.63. The third-order valence-electron chi connectivity index (χ3n) is 2.64. The molecule has 0 spiro atoms. The molecule has 0 saturated carbocycles. The number of nitriles is 2. The van der Waals surface area contributed by atoms with Crippen LogP contribution in [0.15, 0.2) is 30.3 Å². The van der Waals surface area contributed by atoms with E-state index in [4.69, 9.17) is 10.00 Å². The fourth-order valence-electron chi connectivity index (χ4n) is 1.80. The standard InChI is InChI=1S/C14H12N4O/c1-2-19-9-13-17-12(8-15)14(18(13)10-16)11-6-4-3-5-7-11/h3-7H,2,9H2,1H3. The van der Waals surface area contributed by atoms with Crippen LogP contribution in [-0.4, -0.2) is 16.2 Å². The van der Waals surface area contributed by atoms with Crippen molar-refractivity contribution >= 4 is 0 Å². The van der Waals surface area contributed by atoms with Crippen molar-refractivity contribution in [2.45, 2.75) is 13.5 Å². The zero-order chi connectivity index (χ0) is 13.7. The van der Waals surface area contributed by atoms with Crippen LogP contribution in [0.5, 0.6) is 0 Å². The molecule has 0 aliphatic carbocycles. The third-order valence-corrected chi connectivity index (χ3v) is 2.64. The lowest BCUT2D eigenvalue weighted by atomic mass is 10.1. The lowest BCUT2D eigenvalue weighted by Gasteiger charge is -2.03. The third kappa shape index (κ3) is 2.47. The number of benzene rings is 1. The predicted octanol–water partition coefficient (Wildman–Crippen LogP) is 2.29. The van der Waals surface area contributed by atoms with Crippen molar-refractivity contribution in [3.8, 4) is 23.5 Å². The van der Waals surface area contributed by atoms with Crippen molar-refractivity contribution in [2.75, 3.05) is 6.61 Å². The van der Waals surface area contributed by atoms with Gasteiger partial charge in [-0.15, -0.1) is 0 Å². The Kier molecular flexibility index (Phi) is 3.92. The molecule has 1 aromatic heterocycles. The molecule has 0 amide bonds. The lowest BCUT2D eigenvalue weighted by molar-refractivity contribution is 0.127. The van der Waals surface area contributed by atoms with Gasteiger partial charge in [-0.1, -0.05) is 30.3 Å². The van der Waals surface area contributed by atoms with Gasteiger partial charge in [0, 0.05) is 12.2 Å². The van der Waals surface area contributed by atoms with Crippen LogP contribution in [0.3, 0.4) is 0 Å². The van der Waals surface area contributed by atoms with Gasteiger partial charge in [0.05, 0.1) is 0 Å². The molecule has 0 fully saturated rings. The average molecular weight is 252 g/mol. The van der Waals surface area contributed by atoms with Crippen LogP contribution < -0.4 is 0 Å². The molecule has 2 aromatic rings. The van der Waals surface area contributed by atoms with E-state index in [-0.39, 0.29) is 12.3 Å². The number of hydrogen-bond donors (Lipinski definition) is 0. The molecule has 0 unspecified atom stereocenters. The van der Waals surface area contributed by atoms with Crippen molar-refractivity contribution in [1.82, 2.24) is 9.55 Å². The molecule has 1 heterocycles. The van der Waals surface area contributed by atoms with Gasteiger partial charge in [0.1, 0.15) is 24.2 Å². The van der Waals surface area contributed by atoms with Crippen LogP contribution >= 0.6 is 0 Å². The molecule has 0 saturated heterocycles. The number of hydrogen-bond acceptors (Lipinski definition) is 4. The van der Waals surface area contributed by atoms with Crippen molar-refractivity contribution < 1.29 is 4.74 Å². The SMILES string of the molecule is CCOCc1nc(C#N)c(-c2ccccc2)n1C#N. The van der Waals surface area contributed by atoms with E-state index in [0.29, 0.717) is 18.1 Å². The van der Waals surface area contributed by atoms with Crippen LogP contribution in [0.25, 0.3) is 11.3 Å². The molecule has 0 bridgehead atoms. The van der Waals surface area contributed by atoms with Gasteiger partial charge in [0.15, 0.2) is 11.9 Å². The highest BCUT2D eigenvalue weighted by atomic mass is 16.5. The first-order valence-corrected chi connectivity index (χ1v) is 5.86. The number of ether oxygens (including phenoxy) is 1.